The summed E-state index contributed by atoms with van der Waals surface area (Å²) >= 11 is 1.49. The van der Waals surface area contributed by atoms with Crippen LogP contribution in [-0.2, 0) is 6.54 Å². The highest BCUT2D eigenvalue weighted by atomic mass is 32.1. The van der Waals surface area contributed by atoms with Crippen molar-refractivity contribution in [1.82, 2.24) is 20.0 Å². The molecular formula is C7H6N4O2S. The Bertz CT molecular complexity index is 436. The van der Waals surface area contributed by atoms with Crippen LogP contribution in [0.5, 0.6) is 0 Å². The Morgan fingerprint density at radius 1 is 1.64 bits per heavy atom. The minimum atomic E-state index is -1.07. The fourth-order valence-electron chi connectivity index (χ4n) is 0.954. The molecule has 0 aliphatic heterocycles. The Labute approximate surface area is 82.8 Å². The molecule has 0 spiro atoms. The van der Waals surface area contributed by atoms with Crippen LogP contribution in [0.2, 0.25) is 0 Å². The van der Waals surface area contributed by atoms with Gasteiger partial charge in [0, 0.05) is 11.1 Å². The minimum Gasteiger partial charge on any atom is -0.476 e. The lowest BCUT2D eigenvalue weighted by Crippen LogP contribution is -1.98. The normalized spacial score (nSPS) is 10.3. The van der Waals surface area contributed by atoms with Gasteiger partial charge in [-0.05, 0) is 0 Å². The highest BCUT2D eigenvalue weighted by molar-refractivity contribution is 7.09. The zero-order valence-corrected chi connectivity index (χ0v) is 7.81. The average molecular weight is 210 g/mol. The van der Waals surface area contributed by atoms with E-state index in [-0.39, 0.29) is 5.69 Å². The second kappa shape index (κ2) is 3.54. The molecule has 0 atom stereocenters. The number of hydrogen-bond acceptors (Lipinski definition) is 5. The minimum absolute atomic E-state index is 0.0467. The molecule has 0 unspecified atom stereocenters. The van der Waals surface area contributed by atoms with Crippen molar-refractivity contribution in [2.75, 3.05) is 0 Å². The molecule has 2 aromatic rings. The van der Waals surface area contributed by atoms with Crippen LogP contribution in [-0.4, -0.2) is 31.1 Å². The first-order valence-corrected chi connectivity index (χ1v) is 4.64. The van der Waals surface area contributed by atoms with E-state index in [9.17, 15) is 4.79 Å². The van der Waals surface area contributed by atoms with E-state index in [2.05, 4.69) is 15.3 Å². The molecule has 0 fully saturated rings. The van der Waals surface area contributed by atoms with Gasteiger partial charge in [0.25, 0.3) is 0 Å². The maximum absolute atomic E-state index is 10.5. The summed E-state index contributed by atoms with van der Waals surface area (Å²) in [5, 5.41) is 15.8. The molecule has 0 saturated heterocycles. The van der Waals surface area contributed by atoms with Gasteiger partial charge in [-0.15, -0.1) is 16.4 Å². The second-order valence-electron chi connectivity index (χ2n) is 2.57. The lowest BCUT2D eigenvalue weighted by Gasteiger charge is -1.93. The summed E-state index contributed by atoms with van der Waals surface area (Å²) < 4.78 is 1.47. The van der Waals surface area contributed by atoms with Crippen LogP contribution in [0.4, 0.5) is 0 Å². The van der Waals surface area contributed by atoms with Gasteiger partial charge in [-0.2, -0.15) is 0 Å². The van der Waals surface area contributed by atoms with Crippen molar-refractivity contribution in [2.24, 2.45) is 0 Å². The van der Waals surface area contributed by atoms with E-state index in [1.165, 1.54) is 22.2 Å². The van der Waals surface area contributed by atoms with Gasteiger partial charge in [-0.1, -0.05) is 5.21 Å². The van der Waals surface area contributed by atoms with Crippen LogP contribution >= 0.6 is 11.3 Å². The number of rotatable bonds is 3. The summed E-state index contributed by atoms with van der Waals surface area (Å²) in [5.41, 5.74) is 1.67. The SMILES string of the molecule is O=C(O)c1cn(Cc2cncs2)nn1. The van der Waals surface area contributed by atoms with E-state index in [1.54, 1.807) is 11.7 Å². The number of carboxylic acids is 1. The van der Waals surface area contributed by atoms with E-state index in [0.717, 1.165) is 4.88 Å². The number of thiazole rings is 1. The number of nitrogens with zero attached hydrogens (tertiary/aromatic N) is 4. The largest absolute Gasteiger partial charge is 0.476 e. The standard InChI is InChI=1S/C7H6N4O2S/c12-7(13)6-3-11(10-9-6)2-5-1-8-4-14-5/h1,3-4H,2H2,(H,12,13). The van der Waals surface area contributed by atoms with Crippen LogP contribution < -0.4 is 0 Å². The van der Waals surface area contributed by atoms with Crippen LogP contribution in [0.25, 0.3) is 0 Å². The van der Waals surface area contributed by atoms with Crippen molar-refractivity contribution in [3.05, 3.63) is 28.5 Å². The first-order valence-electron chi connectivity index (χ1n) is 3.76. The quantitative estimate of drug-likeness (QED) is 0.796. The third kappa shape index (κ3) is 1.77. The van der Waals surface area contributed by atoms with Crippen LogP contribution in [0.1, 0.15) is 15.4 Å². The van der Waals surface area contributed by atoms with E-state index >= 15 is 0 Å². The smallest absolute Gasteiger partial charge is 0.358 e. The number of carbonyl (C=O) groups is 1. The van der Waals surface area contributed by atoms with Crippen molar-refractivity contribution in [1.29, 1.82) is 0 Å². The zero-order chi connectivity index (χ0) is 9.97. The number of aromatic carboxylic acids is 1. The molecule has 0 aliphatic rings. The van der Waals surface area contributed by atoms with Crippen molar-refractivity contribution in [2.45, 2.75) is 6.54 Å². The monoisotopic (exact) mass is 210 g/mol. The van der Waals surface area contributed by atoms with Gasteiger partial charge in [-0.3, -0.25) is 4.98 Å². The summed E-state index contributed by atoms with van der Waals surface area (Å²) in [7, 11) is 0. The van der Waals surface area contributed by atoms with Gasteiger partial charge >= 0.3 is 5.97 Å². The van der Waals surface area contributed by atoms with Crippen LogP contribution in [0.15, 0.2) is 17.9 Å². The predicted octanol–water partition coefficient (Wildman–Crippen LogP) is 0.481. The summed E-state index contributed by atoms with van der Waals surface area (Å²) in [6, 6.07) is 0. The molecule has 2 aromatic heterocycles. The highest BCUT2D eigenvalue weighted by Gasteiger charge is 2.08. The van der Waals surface area contributed by atoms with E-state index in [0.29, 0.717) is 6.54 Å². The molecule has 1 N–H and O–H groups in total. The van der Waals surface area contributed by atoms with Gasteiger partial charge in [-0.25, -0.2) is 9.48 Å². The molecule has 0 aliphatic carbocycles. The fraction of sp³-hybridized carbons (Fsp3) is 0.143. The van der Waals surface area contributed by atoms with Crippen LogP contribution in [0.3, 0.4) is 0 Å². The lowest BCUT2D eigenvalue weighted by atomic mass is 10.5. The molecule has 0 saturated carbocycles. The summed E-state index contributed by atoms with van der Waals surface area (Å²) in [4.78, 5) is 15.4. The molecule has 14 heavy (non-hydrogen) atoms. The second-order valence-corrected chi connectivity index (χ2v) is 3.55. The van der Waals surface area contributed by atoms with Gasteiger partial charge in [0.05, 0.1) is 18.3 Å². The zero-order valence-electron chi connectivity index (χ0n) is 6.99. The van der Waals surface area contributed by atoms with Gasteiger partial charge < -0.3 is 5.11 Å². The summed E-state index contributed by atoms with van der Waals surface area (Å²) in [6.07, 6.45) is 3.11. The molecule has 72 valence electrons. The molecule has 0 amide bonds. The van der Waals surface area contributed by atoms with Gasteiger partial charge in [0.2, 0.25) is 0 Å². The van der Waals surface area contributed by atoms with E-state index in [4.69, 9.17) is 5.11 Å². The highest BCUT2D eigenvalue weighted by Crippen LogP contribution is 2.07. The Morgan fingerprint density at radius 2 is 2.50 bits per heavy atom. The number of aromatic nitrogens is 4. The topological polar surface area (TPSA) is 80.9 Å². The maximum Gasteiger partial charge on any atom is 0.358 e. The van der Waals surface area contributed by atoms with Crippen molar-refractivity contribution in [3.63, 3.8) is 0 Å². The molecule has 0 radical (unpaired) electrons. The van der Waals surface area contributed by atoms with Crippen LogP contribution in [0, 0.1) is 0 Å². The number of carboxylic acid groups (broad SMARTS) is 1. The molecule has 2 heterocycles. The van der Waals surface area contributed by atoms with Crippen molar-refractivity contribution < 1.29 is 9.90 Å². The van der Waals surface area contributed by atoms with E-state index in [1.807, 2.05) is 0 Å². The molecule has 6 nitrogen and oxygen atoms in total. The third-order valence-corrected chi connectivity index (χ3v) is 2.32. The Balaban J connectivity index is 2.14. The average Bonchev–Trinajstić information content (AvgIpc) is 2.75. The predicted molar refractivity (Wildman–Crippen MR) is 48.2 cm³/mol. The fourth-order valence-corrected chi connectivity index (χ4v) is 1.54. The Hall–Kier alpha value is -1.76. The number of hydrogen-bond donors (Lipinski definition) is 1. The first-order chi connectivity index (χ1) is 6.75. The maximum atomic E-state index is 10.5. The third-order valence-electron chi connectivity index (χ3n) is 1.56. The van der Waals surface area contributed by atoms with E-state index < -0.39 is 5.97 Å². The summed E-state index contributed by atoms with van der Waals surface area (Å²) in [5.74, 6) is -1.07. The van der Waals surface area contributed by atoms with Crippen molar-refractivity contribution >= 4 is 17.3 Å². The molecule has 2 rings (SSSR count). The lowest BCUT2D eigenvalue weighted by molar-refractivity contribution is 0.0690. The molecule has 0 bridgehead atoms. The first kappa shape index (κ1) is 8.82. The molecule has 7 heteroatoms. The van der Waals surface area contributed by atoms with Gasteiger partial charge in [0.15, 0.2) is 5.69 Å². The summed E-state index contributed by atoms with van der Waals surface area (Å²) in [6.45, 7) is 0.505. The Kier molecular flexibility index (Phi) is 2.23. The van der Waals surface area contributed by atoms with Crippen molar-refractivity contribution in [3.8, 4) is 0 Å². The Morgan fingerprint density at radius 3 is 3.07 bits per heavy atom. The molecular weight excluding hydrogens is 204 g/mol. The van der Waals surface area contributed by atoms with Gasteiger partial charge in [0.1, 0.15) is 0 Å². The molecule has 0 aromatic carbocycles.